The molecule has 2 amide bonds. The summed E-state index contributed by atoms with van der Waals surface area (Å²) in [5.74, 6) is -2.56. The summed E-state index contributed by atoms with van der Waals surface area (Å²) in [6, 6.07) is 9.31. The van der Waals surface area contributed by atoms with E-state index in [2.05, 4.69) is 26.1 Å². The first kappa shape index (κ1) is 18.8. The number of nitrogens with zero attached hydrogens (tertiary/aromatic N) is 1. The highest BCUT2D eigenvalue weighted by atomic mass is 19.1. The van der Waals surface area contributed by atoms with Crippen LogP contribution in [0.5, 0.6) is 0 Å². The SMILES string of the molecule is Cc1c(F)cc(NC2=CC(=O)N(c3ccc(C(C)(C)C)cc3)C2=O)cc1F. The maximum atomic E-state index is 13.7. The lowest BCUT2D eigenvalue weighted by atomic mass is 9.87. The molecular formula is C21H20F2N2O2. The van der Waals surface area contributed by atoms with E-state index in [9.17, 15) is 18.4 Å². The molecule has 27 heavy (non-hydrogen) atoms. The van der Waals surface area contributed by atoms with Crippen molar-refractivity contribution in [3.05, 3.63) is 70.9 Å². The standard InChI is InChI=1S/C21H20F2N2O2/c1-12-16(22)9-14(10-17(12)23)24-18-11-19(26)25(20(18)27)15-7-5-13(6-8-15)21(2,3)4/h5-11,24H,1-4H3. The number of benzene rings is 2. The Hall–Kier alpha value is -3.02. The molecule has 0 radical (unpaired) electrons. The summed E-state index contributed by atoms with van der Waals surface area (Å²) in [4.78, 5) is 25.9. The van der Waals surface area contributed by atoms with Gasteiger partial charge in [0.1, 0.15) is 17.3 Å². The Morgan fingerprint density at radius 1 is 0.963 bits per heavy atom. The van der Waals surface area contributed by atoms with Gasteiger partial charge >= 0.3 is 0 Å². The summed E-state index contributed by atoms with van der Waals surface area (Å²) in [7, 11) is 0. The van der Waals surface area contributed by atoms with Crippen LogP contribution in [-0.4, -0.2) is 11.8 Å². The van der Waals surface area contributed by atoms with Crippen molar-refractivity contribution in [2.24, 2.45) is 0 Å². The van der Waals surface area contributed by atoms with Crippen molar-refractivity contribution in [3.63, 3.8) is 0 Å². The molecule has 1 heterocycles. The predicted molar refractivity (Wildman–Crippen MR) is 100 cm³/mol. The van der Waals surface area contributed by atoms with Crippen molar-refractivity contribution in [1.82, 2.24) is 0 Å². The molecule has 2 aromatic rings. The van der Waals surface area contributed by atoms with Gasteiger partial charge < -0.3 is 5.32 Å². The van der Waals surface area contributed by atoms with Crippen LogP contribution in [0, 0.1) is 18.6 Å². The van der Waals surface area contributed by atoms with E-state index in [1.54, 1.807) is 12.1 Å². The van der Waals surface area contributed by atoms with Crippen molar-refractivity contribution >= 4 is 23.2 Å². The van der Waals surface area contributed by atoms with E-state index in [1.807, 2.05) is 12.1 Å². The van der Waals surface area contributed by atoms with Gasteiger partial charge in [0.15, 0.2) is 0 Å². The zero-order valence-corrected chi connectivity index (χ0v) is 15.6. The third-order valence-corrected chi connectivity index (χ3v) is 4.47. The fraction of sp³-hybridized carbons (Fsp3) is 0.238. The Bertz CT molecular complexity index is 934. The van der Waals surface area contributed by atoms with Crippen LogP contribution in [0.2, 0.25) is 0 Å². The van der Waals surface area contributed by atoms with Gasteiger partial charge in [0, 0.05) is 17.3 Å². The minimum Gasteiger partial charge on any atom is -0.351 e. The fourth-order valence-electron chi connectivity index (χ4n) is 2.79. The lowest BCUT2D eigenvalue weighted by molar-refractivity contribution is -0.120. The number of imide groups is 1. The Balaban J connectivity index is 1.83. The third kappa shape index (κ3) is 3.60. The molecule has 0 unspecified atom stereocenters. The van der Waals surface area contributed by atoms with Gasteiger partial charge in [0.2, 0.25) is 0 Å². The summed E-state index contributed by atoms with van der Waals surface area (Å²) in [6.07, 6.45) is 1.12. The van der Waals surface area contributed by atoms with E-state index in [1.165, 1.54) is 6.92 Å². The first-order valence-electron chi connectivity index (χ1n) is 8.51. The van der Waals surface area contributed by atoms with Crippen LogP contribution in [0.1, 0.15) is 31.9 Å². The fourth-order valence-corrected chi connectivity index (χ4v) is 2.79. The highest BCUT2D eigenvalue weighted by Crippen LogP contribution is 2.28. The molecule has 1 N–H and O–H groups in total. The largest absolute Gasteiger partial charge is 0.351 e. The quantitative estimate of drug-likeness (QED) is 0.813. The molecule has 3 rings (SSSR count). The highest BCUT2D eigenvalue weighted by Gasteiger charge is 2.33. The van der Waals surface area contributed by atoms with E-state index in [-0.39, 0.29) is 22.4 Å². The Kier molecular flexibility index (Phi) is 4.59. The number of nitrogens with one attached hydrogen (secondary N) is 1. The minimum atomic E-state index is -0.732. The van der Waals surface area contributed by atoms with E-state index < -0.39 is 23.4 Å². The number of hydrogen-bond donors (Lipinski definition) is 1. The van der Waals surface area contributed by atoms with Gasteiger partial charge in [-0.05, 0) is 42.2 Å². The molecule has 1 aliphatic rings. The van der Waals surface area contributed by atoms with Crippen LogP contribution in [0.3, 0.4) is 0 Å². The van der Waals surface area contributed by atoms with Gasteiger partial charge in [-0.1, -0.05) is 32.9 Å². The van der Waals surface area contributed by atoms with Crippen LogP contribution in [0.4, 0.5) is 20.2 Å². The van der Waals surface area contributed by atoms with Crippen LogP contribution in [-0.2, 0) is 15.0 Å². The summed E-state index contributed by atoms with van der Waals surface area (Å²) >= 11 is 0. The molecule has 0 aromatic heterocycles. The van der Waals surface area contributed by atoms with E-state index in [0.717, 1.165) is 28.7 Å². The Morgan fingerprint density at radius 3 is 2.04 bits per heavy atom. The zero-order valence-electron chi connectivity index (χ0n) is 15.6. The normalized spacial score (nSPS) is 14.6. The van der Waals surface area contributed by atoms with Crippen molar-refractivity contribution in [2.75, 3.05) is 10.2 Å². The van der Waals surface area contributed by atoms with Crippen molar-refractivity contribution in [2.45, 2.75) is 33.1 Å². The van der Waals surface area contributed by atoms with Gasteiger partial charge in [-0.3, -0.25) is 9.59 Å². The number of carbonyl (C=O) groups is 2. The predicted octanol–water partition coefficient (Wildman–Crippen LogP) is 4.44. The lowest BCUT2D eigenvalue weighted by Gasteiger charge is -2.21. The molecule has 0 aliphatic carbocycles. The molecule has 2 aromatic carbocycles. The van der Waals surface area contributed by atoms with Crippen LogP contribution < -0.4 is 10.2 Å². The lowest BCUT2D eigenvalue weighted by Crippen LogP contribution is -2.32. The van der Waals surface area contributed by atoms with E-state index in [4.69, 9.17) is 0 Å². The van der Waals surface area contributed by atoms with Crippen molar-refractivity contribution < 1.29 is 18.4 Å². The minimum absolute atomic E-state index is 0.0393. The molecule has 1 aliphatic heterocycles. The second kappa shape index (κ2) is 6.61. The van der Waals surface area contributed by atoms with Crippen molar-refractivity contribution in [3.8, 4) is 0 Å². The maximum Gasteiger partial charge on any atom is 0.281 e. The molecule has 140 valence electrons. The molecule has 0 fully saturated rings. The first-order chi connectivity index (χ1) is 12.6. The van der Waals surface area contributed by atoms with Gasteiger partial charge in [-0.25, -0.2) is 13.7 Å². The molecular weight excluding hydrogens is 350 g/mol. The smallest absolute Gasteiger partial charge is 0.281 e. The van der Waals surface area contributed by atoms with Crippen molar-refractivity contribution in [1.29, 1.82) is 0 Å². The van der Waals surface area contributed by atoms with Crippen LogP contribution in [0.25, 0.3) is 0 Å². The van der Waals surface area contributed by atoms with E-state index in [0.29, 0.717) is 5.69 Å². The van der Waals surface area contributed by atoms with Gasteiger partial charge in [0.25, 0.3) is 11.8 Å². The topological polar surface area (TPSA) is 49.4 Å². The number of carbonyl (C=O) groups excluding carboxylic acids is 2. The second-order valence-corrected chi connectivity index (χ2v) is 7.52. The summed E-state index contributed by atoms with van der Waals surface area (Å²) in [6.45, 7) is 7.52. The highest BCUT2D eigenvalue weighted by molar-refractivity contribution is 6.31. The monoisotopic (exact) mass is 370 g/mol. The van der Waals surface area contributed by atoms with Crippen LogP contribution >= 0.6 is 0 Å². The number of halogens is 2. The van der Waals surface area contributed by atoms with Crippen LogP contribution in [0.15, 0.2) is 48.2 Å². The average molecular weight is 370 g/mol. The third-order valence-electron chi connectivity index (χ3n) is 4.47. The van der Waals surface area contributed by atoms with Gasteiger partial charge in [0.05, 0.1) is 5.69 Å². The average Bonchev–Trinajstić information content (AvgIpc) is 2.85. The summed E-state index contributed by atoms with van der Waals surface area (Å²) < 4.78 is 27.4. The number of anilines is 2. The second-order valence-electron chi connectivity index (χ2n) is 7.52. The molecule has 4 nitrogen and oxygen atoms in total. The first-order valence-corrected chi connectivity index (χ1v) is 8.51. The van der Waals surface area contributed by atoms with E-state index >= 15 is 0 Å². The Morgan fingerprint density at radius 2 is 1.52 bits per heavy atom. The van der Waals surface area contributed by atoms with Gasteiger partial charge in [-0.15, -0.1) is 0 Å². The zero-order chi connectivity index (χ0) is 19.9. The molecule has 0 atom stereocenters. The maximum absolute atomic E-state index is 13.7. The number of amides is 2. The molecule has 0 bridgehead atoms. The molecule has 0 spiro atoms. The molecule has 0 saturated carbocycles. The number of hydrogen-bond acceptors (Lipinski definition) is 3. The van der Waals surface area contributed by atoms with Gasteiger partial charge in [-0.2, -0.15) is 0 Å². The Labute approximate surface area is 156 Å². The molecule has 0 saturated heterocycles. The summed E-state index contributed by atoms with van der Waals surface area (Å²) in [5.41, 5.74) is 1.37. The molecule has 6 heteroatoms. The summed E-state index contributed by atoms with van der Waals surface area (Å²) in [5, 5.41) is 2.63. The number of rotatable bonds is 3.